The van der Waals surface area contributed by atoms with E-state index in [2.05, 4.69) is 0 Å². The van der Waals surface area contributed by atoms with Gasteiger partial charge in [-0.1, -0.05) is 0 Å². The van der Waals surface area contributed by atoms with Crippen molar-refractivity contribution in [3.05, 3.63) is 0 Å². The summed E-state index contributed by atoms with van der Waals surface area (Å²) in [5, 5.41) is 0.495. The molecule has 0 amide bonds. The maximum atomic E-state index is 5.81. The van der Waals surface area contributed by atoms with Gasteiger partial charge in [0.25, 0.3) is 0 Å². The van der Waals surface area contributed by atoms with Crippen molar-refractivity contribution >= 4 is 23.2 Å². The summed E-state index contributed by atoms with van der Waals surface area (Å²) in [6.07, 6.45) is 4.06. The summed E-state index contributed by atoms with van der Waals surface area (Å²) in [6, 6.07) is 0. The summed E-state index contributed by atoms with van der Waals surface area (Å²) in [6.45, 7) is 6.91. The van der Waals surface area contributed by atoms with E-state index >= 15 is 0 Å². The molecule has 0 aromatic carbocycles. The van der Waals surface area contributed by atoms with Gasteiger partial charge in [-0.05, 0) is 39.5 Å². The summed E-state index contributed by atoms with van der Waals surface area (Å²) in [5.41, 5.74) is 0. The van der Waals surface area contributed by atoms with E-state index in [-0.39, 0.29) is 10.8 Å². The topological polar surface area (TPSA) is 18.5 Å². The first-order chi connectivity index (χ1) is 7.63. The highest BCUT2D eigenvalue weighted by Crippen LogP contribution is 2.04. The molecule has 0 rings (SSSR count). The summed E-state index contributed by atoms with van der Waals surface area (Å²) >= 11 is 11.6. The number of ether oxygens (including phenoxy) is 2. The third-order valence-electron chi connectivity index (χ3n) is 2.15. The number of alkyl halides is 2. The largest absolute Gasteiger partial charge is 0.379 e. The molecule has 0 saturated carbocycles. The lowest BCUT2D eigenvalue weighted by Gasteiger charge is -2.07. The van der Waals surface area contributed by atoms with E-state index in [0.717, 1.165) is 38.9 Å². The van der Waals surface area contributed by atoms with Gasteiger partial charge >= 0.3 is 0 Å². The second kappa shape index (κ2) is 12.0. The minimum absolute atomic E-state index is 0.248. The van der Waals surface area contributed by atoms with Crippen LogP contribution in [0.1, 0.15) is 39.5 Å². The first kappa shape index (κ1) is 16.5. The van der Waals surface area contributed by atoms with Gasteiger partial charge in [0.05, 0.1) is 13.2 Å². The molecule has 0 saturated heterocycles. The molecule has 2 atom stereocenters. The van der Waals surface area contributed by atoms with Gasteiger partial charge in [-0.25, -0.2) is 0 Å². The van der Waals surface area contributed by atoms with Gasteiger partial charge in [-0.2, -0.15) is 0 Å². The number of hydrogen-bond acceptors (Lipinski definition) is 2. The first-order valence-corrected chi connectivity index (χ1v) is 6.94. The second-order valence-electron chi connectivity index (χ2n) is 4.07. The second-order valence-corrected chi connectivity index (χ2v) is 5.56. The Morgan fingerprint density at radius 1 is 0.750 bits per heavy atom. The molecule has 98 valence electrons. The Hall–Kier alpha value is 0.500. The summed E-state index contributed by atoms with van der Waals surface area (Å²) in [5.74, 6) is 0. The highest BCUT2D eigenvalue weighted by molar-refractivity contribution is 6.20. The number of hydrogen-bond donors (Lipinski definition) is 0. The standard InChI is InChI=1S/C12H24Cl2O2/c1-11(13)5-3-7-15-9-10-16-8-4-6-12(2)14/h11-12H,3-10H2,1-2H3. The van der Waals surface area contributed by atoms with Gasteiger partial charge in [-0.15, -0.1) is 23.2 Å². The highest BCUT2D eigenvalue weighted by Gasteiger charge is 1.97. The Bertz CT molecular complexity index is 125. The van der Waals surface area contributed by atoms with Gasteiger partial charge in [0.2, 0.25) is 0 Å². The van der Waals surface area contributed by atoms with Gasteiger partial charge in [0, 0.05) is 24.0 Å². The quantitative estimate of drug-likeness (QED) is 0.420. The molecule has 0 spiro atoms. The first-order valence-electron chi connectivity index (χ1n) is 6.06. The van der Waals surface area contributed by atoms with Gasteiger partial charge in [0.15, 0.2) is 0 Å². The molecule has 0 aliphatic heterocycles. The van der Waals surface area contributed by atoms with Crippen LogP contribution in [0.25, 0.3) is 0 Å². The van der Waals surface area contributed by atoms with Crippen LogP contribution in [0.15, 0.2) is 0 Å². The summed E-state index contributed by atoms with van der Waals surface area (Å²) in [7, 11) is 0. The van der Waals surface area contributed by atoms with E-state index in [9.17, 15) is 0 Å². The molecular weight excluding hydrogens is 247 g/mol. The van der Waals surface area contributed by atoms with Crippen molar-refractivity contribution in [3.8, 4) is 0 Å². The molecule has 0 bridgehead atoms. The van der Waals surface area contributed by atoms with Crippen LogP contribution in [-0.2, 0) is 9.47 Å². The van der Waals surface area contributed by atoms with Crippen LogP contribution in [-0.4, -0.2) is 37.2 Å². The average molecular weight is 271 g/mol. The molecule has 0 fully saturated rings. The van der Waals surface area contributed by atoms with Crippen molar-refractivity contribution in [2.24, 2.45) is 0 Å². The van der Waals surface area contributed by atoms with Crippen LogP contribution in [0.2, 0.25) is 0 Å². The fraction of sp³-hybridized carbons (Fsp3) is 1.00. The normalized spacial score (nSPS) is 15.0. The SMILES string of the molecule is CC(Cl)CCCOCCOCCCC(C)Cl. The monoisotopic (exact) mass is 270 g/mol. The van der Waals surface area contributed by atoms with Crippen molar-refractivity contribution in [2.45, 2.75) is 50.3 Å². The van der Waals surface area contributed by atoms with Crippen LogP contribution < -0.4 is 0 Å². The predicted molar refractivity (Wildman–Crippen MR) is 70.7 cm³/mol. The van der Waals surface area contributed by atoms with E-state index in [1.54, 1.807) is 0 Å². The third-order valence-corrected chi connectivity index (χ3v) is 2.59. The Morgan fingerprint density at radius 2 is 1.12 bits per heavy atom. The summed E-state index contributed by atoms with van der Waals surface area (Å²) in [4.78, 5) is 0. The Labute approximate surface area is 110 Å². The van der Waals surface area contributed by atoms with Crippen LogP contribution in [0.3, 0.4) is 0 Å². The van der Waals surface area contributed by atoms with Gasteiger partial charge in [-0.3, -0.25) is 0 Å². The maximum Gasteiger partial charge on any atom is 0.0700 e. The van der Waals surface area contributed by atoms with Gasteiger partial charge in [0.1, 0.15) is 0 Å². The van der Waals surface area contributed by atoms with Crippen molar-refractivity contribution < 1.29 is 9.47 Å². The molecule has 0 aromatic heterocycles. The highest BCUT2D eigenvalue weighted by atomic mass is 35.5. The Kier molecular flexibility index (Phi) is 12.3. The molecule has 0 radical (unpaired) electrons. The fourth-order valence-electron chi connectivity index (χ4n) is 1.26. The van der Waals surface area contributed by atoms with Crippen molar-refractivity contribution in [1.29, 1.82) is 0 Å². The molecule has 4 heteroatoms. The molecule has 16 heavy (non-hydrogen) atoms. The minimum Gasteiger partial charge on any atom is -0.379 e. The van der Waals surface area contributed by atoms with Crippen LogP contribution >= 0.6 is 23.2 Å². The van der Waals surface area contributed by atoms with Crippen molar-refractivity contribution in [3.63, 3.8) is 0 Å². The lowest BCUT2D eigenvalue weighted by Crippen LogP contribution is -2.07. The molecule has 0 heterocycles. The van der Waals surface area contributed by atoms with E-state index in [1.807, 2.05) is 13.8 Å². The van der Waals surface area contributed by atoms with E-state index < -0.39 is 0 Å². The molecule has 0 aliphatic carbocycles. The van der Waals surface area contributed by atoms with Crippen LogP contribution in [0.4, 0.5) is 0 Å². The minimum atomic E-state index is 0.248. The Balaban J connectivity index is 2.93. The number of halogens is 2. The van der Waals surface area contributed by atoms with Crippen LogP contribution in [0, 0.1) is 0 Å². The predicted octanol–water partition coefficient (Wildman–Crippen LogP) is 3.83. The van der Waals surface area contributed by atoms with Crippen LogP contribution in [0.5, 0.6) is 0 Å². The lowest BCUT2D eigenvalue weighted by molar-refractivity contribution is 0.0452. The number of rotatable bonds is 11. The average Bonchev–Trinajstić information content (AvgIpc) is 2.20. The third kappa shape index (κ3) is 14.5. The molecular formula is C12H24Cl2O2. The molecule has 0 aromatic rings. The zero-order valence-electron chi connectivity index (χ0n) is 10.4. The van der Waals surface area contributed by atoms with E-state index in [0.29, 0.717) is 13.2 Å². The molecule has 0 aliphatic rings. The van der Waals surface area contributed by atoms with Crippen molar-refractivity contribution in [1.82, 2.24) is 0 Å². The zero-order chi connectivity index (χ0) is 12.2. The lowest BCUT2D eigenvalue weighted by atomic mass is 10.2. The Morgan fingerprint density at radius 3 is 1.44 bits per heavy atom. The molecule has 2 nitrogen and oxygen atoms in total. The summed E-state index contributed by atoms with van der Waals surface area (Å²) < 4.78 is 10.8. The van der Waals surface area contributed by atoms with E-state index in [4.69, 9.17) is 32.7 Å². The zero-order valence-corrected chi connectivity index (χ0v) is 11.9. The smallest absolute Gasteiger partial charge is 0.0700 e. The maximum absolute atomic E-state index is 5.81. The molecule has 2 unspecified atom stereocenters. The fourth-order valence-corrected chi connectivity index (χ4v) is 1.56. The van der Waals surface area contributed by atoms with Gasteiger partial charge < -0.3 is 9.47 Å². The molecule has 0 N–H and O–H groups in total. The van der Waals surface area contributed by atoms with E-state index in [1.165, 1.54) is 0 Å². The van der Waals surface area contributed by atoms with Crippen molar-refractivity contribution in [2.75, 3.05) is 26.4 Å².